The number of nitrogens with zero attached hydrogens (tertiary/aromatic N) is 9. The Bertz CT molecular complexity index is 3510. The molecule has 0 saturated heterocycles. The highest BCUT2D eigenvalue weighted by Crippen LogP contribution is 2.56. The first-order chi connectivity index (χ1) is 30.9. The predicted molar refractivity (Wildman–Crippen MR) is 242 cm³/mol. The molecule has 0 bridgehead atoms. The maximum absolute atomic E-state index is 15.4. The van der Waals surface area contributed by atoms with Gasteiger partial charge < -0.3 is 9.47 Å². The number of hydrogen-bond acceptors (Lipinski definition) is 9. The first-order valence-corrected chi connectivity index (χ1v) is 22.1. The zero-order valence-corrected chi connectivity index (χ0v) is 36.9. The fourth-order valence-corrected chi connectivity index (χ4v) is 10.7. The van der Waals surface area contributed by atoms with Crippen molar-refractivity contribution < 1.29 is 13.7 Å². The van der Waals surface area contributed by atoms with Crippen LogP contribution >= 0.6 is 11.5 Å². The highest BCUT2D eigenvalue weighted by Gasteiger charge is 2.59. The number of benzene rings is 3. The summed E-state index contributed by atoms with van der Waals surface area (Å²) in [7, 11) is 0. The summed E-state index contributed by atoms with van der Waals surface area (Å²) in [5, 5.41) is 11.1. The van der Waals surface area contributed by atoms with Crippen molar-refractivity contribution >= 4 is 38.4 Å². The molecule has 0 unspecified atom stereocenters. The number of pyridine rings is 1. The van der Waals surface area contributed by atoms with E-state index in [0.717, 1.165) is 61.2 Å². The van der Waals surface area contributed by atoms with Gasteiger partial charge in [0.2, 0.25) is 0 Å². The lowest BCUT2D eigenvalue weighted by Crippen LogP contribution is -2.39. The Labute approximate surface area is 369 Å². The average Bonchev–Trinajstić information content (AvgIpc) is 3.91. The lowest BCUT2D eigenvalue weighted by Gasteiger charge is -2.29. The van der Waals surface area contributed by atoms with E-state index in [0.29, 0.717) is 64.8 Å². The molecular formula is C48H43FN10O4S. The molecule has 1 fully saturated rings. The van der Waals surface area contributed by atoms with Gasteiger partial charge in [0, 0.05) is 59.1 Å². The molecular weight excluding hydrogens is 832 g/mol. The summed E-state index contributed by atoms with van der Waals surface area (Å²) in [5.41, 5.74) is 8.80. The van der Waals surface area contributed by atoms with Gasteiger partial charge in [-0.2, -0.15) is 9.47 Å². The zero-order valence-electron chi connectivity index (χ0n) is 36.1. The third-order valence-electron chi connectivity index (χ3n) is 13.4. The minimum absolute atomic E-state index is 0.0155. The average molecular weight is 875 g/mol. The second-order valence-corrected chi connectivity index (χ2v) is 18.0. The molecule has 1 N–H and O–H groups in total. The monoisotopic (exact) mass is 874 g/mol. The van der Waals surface area contributed by atoms with Gasteiger partial charge in [0.05, 0.1) is 34.0 Å². The van der Waals surface area contributed by atoms with Crippen LogP contribution in [0.15, 0.2) is 93.4 Å². The van der Waals surface area contributed by atoms with Gasteiger partial charge in [-0.25, -0.2) is 18.7 Å². The van der Waals surface area contributed by atoms with Crippen LogP contribution in [0.1, 0.15) is 75.9 Å². The van der Waals surface area contributed by atoms with E-state index in [9.17, 15) is 9.59 Å². The van der Waals surface area contributed by atoms with Crippen LogP contribution in [-0.2, 0) is 24.9 Å². The largest absolute Gasteiger partial charge is 0.438 e. The van der Waals surface area contributed by atoms with Crippen molar-refractivity contribution in [3.8, 4) is 28.3 Å². The smallest absolute Gasteiger partial charge is 0.332 e. The number of nitrogens with one attached hydrogen (secondary N) is 1. The van der Waals surface area contributed by atoms with Crippen LogP contribution in [0.4, 0.5) is 4.39 Å². The number of aromatic amines is 1. The minimum Gasteiger partial charge on any atom is -0.332 e. The predicted octanol–water partition coefficient (Wildman–Crippen LogP) is 8.03. The highest BCUT2D eigenvalue weighted by molar-refractivity contribution is 7.13. The van der Waals surface area contributed by atoms with E-state index in [4.69, 9.17) is 9.62 Å². The molecule has 9 aromatic rings. The molecule has 2 aliphatic rings. The molecule has 0 radical (unpaired) electrons. The van der Waals surface area contributed by atoms with Gasteiger partial charge in [-0.15, -0.1) is 0 Å². The van der Waals surface area contributed by atoms with E-state index in [1.165, 1.54) is 11.5 Å². The molecule has 1 amide bonds. The van der Waals surface area contributed by atoms with Gasteiger partial charge in [0.25, 0.3) is 5.91 Å². The number of aromatic nitrogens is 9. The molecule has 1 saturated carbocycles. The van der Waals surface area contributed by atoms with Crippen LogP contribution in [0.5, 0.6) is 0 Å². The van der Waals surface area contributed by atoms with Crippen LogP contribution in [0, 0.1) is 39.4 Å². The molecule has 0 spiro atoms. The number of aryl methyl sites for hydroxylation is 4. The van der Waals surface area contributed by atoms with Crippen molar-refractivity contribution in [2.75, 3.05) is 6.54 Å². The first-order valence-electron chi connectivity index (χ1n) is 21.4. The van der Waals surface area contributed by atoms with Gasteiger partial charge in [0.15, 0.2) is 5.82 Å². The fourth-order valence-electron chi connectivity index (χ4n) is 9.89. The Morgan fingerprint density at radius 3 is 2.50 bits per heavy atom. The molecule has 1 aliphatic heterocycles. The van der Waals surface area contributed by atoms with Gasteiger partial charge in [-0.05, 0) is 140 Å². The summed E-state index contributed by atoms with van der Waals surface area (Å²) < 4.78 is 32.4. The number of hydrogen-bond donors (Lipinski definition) is 1. The molecule has 2 atom stereocenters. The molecule has 6 aromatic heterocycles. The molecule has 7 heterocycles. The Morgan fingerprint density at radius 2 is 1.77 bits per heavy atom. The van der Waals surface area contributed by atoms with Crippen molar-refractivity contribution in [1.82, 2.24) is 47.9 Å². The van der Waals surface area contributed by atoms with Crippen LogP contribution in [-0.4, -0.2) is 60.3 Å². The van der Waals surface area contributed by atoms with Crippen molar-refractivity contribution in [3.05, 3.63) is 157 Å². The summed E-state index contributed by atoms with van der Waals surface area (Å²) >= 11 is 1.38. The maximum Gasteiger partial charge on any atom is 0.438 e. The molecule has 3 aromatic carbocycles. The van der Waals surface area contributed by atoms with Gasteiger partial charge in [-0.1, -0.05) is 25.1 Å². The third kappa shape index (κ3) is 5.91. The first kappa shape index (κ1) is 39.6. The Balaban J connectivity index is 1.05. The van der Waals surface area contributed by atoms with Crippen LogP contribution in [0.25, 0.3) is 49.3 Å². The summed E-state index contributed by atoms with van der Waals surface area (Å²) in [5.74, 6) is -0.358. The van der Waals surface area contributed by atoms with E-state index in [1.54, 1.807) is 57.1 Å². The summed E-state index contributed by atoms with van der Waals surface area (Å²) in [6.45, 7) is 12.1. The van der Waals surface area contributed by atoms with Gasteiger partial charge in [0.1, 0.15) is 22.9 Å². The Kier molecular flexibility index (Phi) is 8.93. The van der Waals surface area contributed by atoms with E-state index >= 15 is 9.18 Å². The van der Waals surface area contributed by atoms with Crippen LogP contribution < -0.4 is 11.4 Å². The number of fused-ring (bicyclic) bond motifs is 3. The normalized spacial score (nSPS) is 17.2. The third-order valence-corrected chi connectivity index (χ3v) is 14.3. The highest BCUT2D eigenvalue weighted by atomic mass is 32.1. The van der Waals surface area contributed by atoms with Crippen molar-refractivity contribution in [2.24, 2.45) is 5.92 Å². The second-order valence-electron chi connectivity index (χ2n) is 17.2. The lowest BCUT2D eigenvalue weighted by atomic mass is 9.98. The molecule has 64 heavy (non-hydrogen) atoms. The number of H-pyrrole nitrogens is 1. The van der Waals surface area contributed by atoms with Crippen LogP contribution in [0.2, 0.25) is 0 Å². The lowest BCUT2D eigenvalue weighted by molar-refractivity contribution is 0.0721. The molecule has 11 rings (SSSR count). The second kappa shape index (κ2) is 14.4. The van der Waals surface area contributed by atoms with E-state index in [2.05, 4.69) is 52.4 Å². The molecule has 1 aliphatic carbocycles. The Morgan fingerprint density at radius 1 is 0.984 bits per heavy atom. The van der Waals surface area contributed by atoms with Crippen molar-refractivity contribution in [2.45, 2.75) is 72.9 Å². The van der Waals surface area contributed by atoms with Crippen LogP contribution in [0.3, 0.4) is 0 Å². The number of halogens is 1. The quantitative estimate of drug-likeness (QED) is 0.161. The standard InChI is InChI=1S/C48H43FN10O4S/c1-7-37-28(5)34(12-14-50-37)30-8-11-39-31(20-30)21-40(58(39)48(23-27(48)4)45-51-46(61)63-53-45)44(60)55-15-13-38-36(24-55)43(59(52-38)33-18-25(2)42(49)26(3)19-33)57-17-16-56(47(57)62)32-9-10-35-29(6)54-64-41(35)22-32/h8-12,14,16-22,27H,7,13,15,23-24H2,1-6H3,(H,51,53,61)/t27-,48-/m0/s1. The number of imidazole rings is 1. The van der Waals surface area contributed by atoms with Crippen molar-refractivity contribution in [1.29, 1.82) is 0 Å². The van der Waals surface area contributed by atoms with E-state index in [1.807, 2.05) is 54.1 Å². The van der Waals surface area contributed by atoms with E-state index < -0.39 is 11.3 Å². The summed E-state index contributed by atoms with van der Waals surface area (Å²) in [6, 6.07) is 19.4. The number of rotatable bonds is 8. The maximum atomic E-state index is 15.4. The zero-order chi connectivity index (χ0) is 44.3. The number of carbonyl (C=O) groups is 1. The molecule has 322 valence electrons. The summed E-state index contributed by atoms with van der Waals surface area (Å²) in [4.78, 5) is 51.6. The number of carbonyl (C=O) groups excluding carboxylic acids is 1. The topological polar surface area (TPSA) is 155 Å². The molecule has 16 heteroatoms. The fraction of sp³-hybridized carbons (Fsp3) is 0.271. The minimum atomic E-state index is -0.839. The SMILES string of the molecule is CCc1nccc(-c2ccc3c(c2)cc(C(=O)N2CCc4nn(-c5cc(C)c(F)c(C)c5)c(-n5ccn(-c6ccc7c(C)nsc7c6)c5=O)c4C2)n3[C@@]2(c3noc(=O)[nH]3)C[C@@H]2C)c1C. The van der Waals surface area contributed by atoms with E-state index in [-0.39, 0.29) is 29.9 Å². The van der Waals surface area contributed by atoms with Gasteiger partial charge >= 0.3 is 11.4 Å². The Hall–Kier alpha value is -7.20. The summed E-state index contributed by atoms with van der Waals surface area (Å²) in [6.07, 6.45) is 7.10. The van der Waals surface area contributed by atoms with Gasteiger partial charge in [-0.3, -0.25) is 28.4 Å². The molecule has 14 nitrogen and oxygen atoms in total. The number of amides is 1. The van der Waals surface area contributed by atoms with Crippen molar-refractivity contribution in [3.63, 3.8) is 0 Å².